The molecule has 6 heteroatoms. The molecular formula is C14H15BrN4S. The van der Waals surface area contributed by atoms with Crippen molar-refractivity contribution in [1.29, 1.82) is 0 Å². The number of hydrogen-bond donors (Lipinski definition) is 1. The minimum atomic E-state index is -0.0395. The molecule has 1 atom stereocenters. The van der Waals surface area contributed by atoms with Crippen LogP contribution in [0.3, 0.4) is 0 Å². The lowest BCUT2D eigenvalue weighted by molar-refractivity contribution is 0.785. The highest BCUT2D eigenvalue weighted by molar-refractivity contribution is 9.10. The van der Waals surface area contributed by atoms with E-state index in [4.69, 9.17) is 10.7 Å². The summed E-state index contributed by atoms with van der Waals surface area (Å²) in [4.78, 5) is 9.33. The van der Waals surface area contributed by atoms with Crippen molar-refractivity contribution in [2.45, 2.75) is 26.4 Å². The summed E-state index contributed by atoms with van der Waals surface area (Å²) in [5, 5.41) is 2.97. The lowest BCUT2D eigenvalue weighted by Gasteiger charge is -2.03. The van der Waals surface area contributed by atoms with Crippen molar-refractivity contribution in [1.82, 2.24) is 14.5 Å². The second-order valence-electron chi connectivity index (χ2n) is 4.67. The topological polar surface area (TPSA) is 56.7 Å². The quantitative estimate of drug-likeness (QED) is 0.777. The van der Waals surface area contributed by atoms with Crippen molar-refractivity contribution in [3.05, 3.63) is 33.1 Å². The van der Waals surface area contributed by atoms with E-state index in [1.165, 1.54) is 0 Å². The van der Waals surface area contributed by atoms with Gasteiger partial charge >= 0.3 is 0 Å². The number of halogens is 1. The Morgan fingerprint density at radius 3 is 2.85 bits per heavy atom. The molecule has 0 aliphatic heterocycles. The smallest absolute Gasteiger partial charge is 0.160 e. The van der Waals surface area contributed by atoms with E-state index in [0.717, 1.165) is 38.6 Å². The number of fused-ring (bicyclic) bond motifs is 1. The molecule has 0 aliphatic carbocycles. The molecule has 0 saturated carbocycles. The van der Waals surface area contributed by atoms with E-state index in [-0.39, 0.29) is 6.04 Å². The van der Waals surface area contributed by atoms with Gasteiger partial charge in [0.25, 0.3) is 0 Å². The Kier molecular flexibility index (Phi) is 3.62. The number of rotatable bonds is 3. The number of nitrogens with two attached hydrogens (primary N) is 1. The van der Waals surface area contributed by atoms with Crippen LogP contribution in [-0.4, -0.2) is 14.5 Å². The minimum absolute atomic E-state index is 0.0395. The summed E-state index contributed by atoms with van der Waals surface area (Å²) in [7, 11) is 0. The van der Waals surface area contributed by atoms with E-state index < -0.39 is 0 Å². The second-order valence-corrected chi connectivity index (χ2v) is 6.48. The zero-order valence-electron chi connectivity index (χ0n) is 11.3. The first-order chi connectivity index (χ1) is 9.60. The van der Waals surface area contributed by atoms with Gasteiger partial charge in [-0.25, -0.2) is 9.97 Å². The Labute approximate surface area is 129 Å². The molecule has 104 valence electrons. The molecule has 0 amide bonds. The third kappa shape index (κ3) is 2.28. The number of aryl methyl sites for hydroxylation is 1. The number of benzene rings is 1. The van der Waals surface area contributed by atoms with Gasteiger partial charge in [-0.2, -0.15) is 0 Å². The summed E-state index contributed by atoms with van der Waals surface area (Å²) in [5.74, 6) is 0.906. The third-order valence-corrected chi connectivity index (χ3v) is 4.71. The first kappa shape index (κ1) is 13.7. The Morgan fingerprint density at radius 2 is 2.20 bits per heavy atom. The van der Waals surface area contributed by atoms with Gasteiger partial charge in [0.2, 0.25) is 0 Å². The monoisotopic (exact) mass is 350 g/mol. The third-order valence-electron chi connectivity index (χ3n) is 3.17. The maximum Gasteiger partial charge on any atom is 0.160 e. The van der Waals surface area contributed by atoms with Crippen LogP contribution in [0.2, 0.25) is 0 Å². The summed E-state index contributed by atoms with van der Waals surface area (Å²) in [6.45, 7) is 4.92. The molecule has 2 aromatic heterocycles. The Bertz CT molecular complexity index is 760. The van der Waals surface area contributed by atoms with Crippen LogP contribution in [0.4, 0.5) is 0 Å². The predicted molar refractivity (Wildman–Crippen MR) is 86.8 cm³/mol. The van der Waals surface area contributed by atoms with Gasteiger partial charge in [0, 0.05) is 16.4 Å². The molecule has 1 aromatic carbocycles. The van der Waals surface area contributed by atoms with Crippen LogP contribution in [0.25, 0.3) is 22.6 Å². The fourth-order valence-electron chi connectivity index (χ4n) is 2.22. The van der Waals surface area contributed by atoms with Crippen LogP contribution in [0.1, 0.15) is 24.9 Å². The number of hydrogen-bond acceptors (Lipinski definition) is 4. The number of aromatic nitrogens is 3. The highest BCUT2D eigenvalue weighted by Gasteiger charge is 2.15. The summed E-state index contributed by atoms with van der Waals surface area (Å²) in [6, 6.07) is 6.11. The molecule has 0 radical (unpaired) electrons. The first-order valence-electron chi connectivity index (χ1n) is 6.47. The van der Waals surface area contributed by atoms with Crippen molar-refractivity contribution in [2.24, 2.45) is 5.73 Å². The average Bonchev–Trinajstić information content (AvgIpc) is 3.01. The van der Waals surface area contributed by atoms with Crippen molar-refractivity contribution >= 4 is 38.3 Å². The van der Waals surface area contributed by atoms with Gasteiger partial charge in [-0.1, -0.05) is 15.9 Å². The van der Waals surface area contributed by atoms with E-state index >= 15 is 0 Å². The summed E-state index contributed by atoms with van der Waals surface area (Å²) in [5.41, 5.74) is 8.89. The molecule has 3 aromatic rings. The molecule has 3 rings (SSSR count). The molecule has 1 unspecified atom stereocenters. The van der Waals surface area contributed by atoms with Crippen molar-refractivity contribution in [3.63, 3.8) is 0 Å². The Morgan fingerprint density at radius 1 is 1.40 bits per heavy atom. The largest absolute Gasteiger partial charge is 0.323 e. The highest BCUT2D eigenvalue weighted by Crippen LogP contribution is 2.28. The van der Waals surface area contributed by atoms with Gasteiger partial charge in [-0.3, -0.25) is 0 Å². The van der Waals surface area contributed by atoms with Gasteiger partial charge in [-0.15, -0.1) is 11.3 Å². The first-order valence-corrected chi connectivity index (χ1v) is 8.14. The van der Waals surface area contributed by atoms with Gasteiger partial charge < -0.3 is 10.3 Å². The van der Waals surface area contributed by atoms with Gasteiger partial charge in [0.15, 0.2) is 5.82 Å². The van der Waals surface area contributed by atoms with Gasteiger partial charge in [0.05, 0.1) is 17.1 Å². The van der Waals surface area contributed by atoms with Crippen molar-refractivity contribution < 1.29 is 0 Å². The van der Waals surface area contributed by atoms with Crippen LogP contribution in [0, 0.1) is 0 Å². The zero-order chi connectivity index (χ0) is 14.3. The fraction of sp³-hybridized carbons (Fsp3) is 0.286. The molecule has 0 saturated heterocycles. The molecule has 0 aliphatic rings. The number of thiazole rings is 1. The lowest BCUT2D eigenvalue weighted by atomic mass is 10.3. The molecule has 2 N–H and O–H groups in total. The number of imidazole rings is 1. The van der Waals surface area contributed by atoms with E-state index in [1.54, 1.807) is 11.3 Å². The maximum absolute atomic E-state index is 5.89. The summed E-state index contributed by atoms with van der Waals surface area (Å²) in [6.07, 6.45) is 0. The van der Waals surface area contributed by atoms with E-state index in [1.807, 2.05) is 24.4 Å². The highest BCUT2D eigenvalue weighted by atomic mass is 79.9. The Balaban J connectivity index is 2.18. The second kappa shape index (κ2) is 5.27. The van der Waals surface area contributed by atoms with E-state index in [0.29, 0.717) is 0 Å². The molecule has 4 nitrogen and oxygen atoms in total. The van der Waals surface area contributed by atoms with Crippen LogP contribution in [-0.2, 0) is 6.54 Å². The molecule has 0 fully saturated rings. The van der Waals surface area contributed by atoms with Crippen LogP contribution >= 0.6 is 27.3 Å². The van der Waals surface area contributed by atoms with Crippen LogP contribution < -0.4 is 5.73 Å². The molecule has 0 spiro atoms. The average molecular weight is 351 g/mol. The maximum atomic E-state index is 5.89. The summed E-state index contributed by atoms with van der Waals surface area (Å²) >= 11 is 5.07. The fourth-order valence-corrected chi connectivity index (χ4v) is 3.32. The number of nitrogens with zero attached hydrogens (tertiary/aromatic N) is 3. The zero-order valence-corrected chi connectivity index (χ0v) is 13.7. The van der Waals surface area contributed by atoms with Crippen LogP contribution in [0.15, 0.2) is 28.1 Å². The normalized spacial score (nSPS) is 13.0. The predicted octanol–water partition coefficient (Wildman–Crippen LogP) is 3.96. The standard InChI is InChI=1S/C14H15BrN4S/c1-3-19-12-5-4-9(15)6-10(12)17-13(19)11-7-20-14(18-11)8(2)16/h4-8H,3,16H2,1-2H3. The van der Waals surface area contributed by atoms with E-state index in [2.05, 4.69) is 38.5 Å². The van der Waals surface area contributed by atoms with E-state index in [9.17, 15) is 0 Å². The van der Waals surface area contributed by atoms with Crippen molar-refractivity contribution in [3.8, 4) is 11.5 Å². The van der Waals surface area contributed by atoms with Gasteiger partial charge in [-0.05, 0) is 32.0 Å². The lowest BCUT2D eigenvalue weighted by Crippen LogP contribution is -2.04. The molecule has 2 heterocycles. The van der Waals surface area contributed by atoms with Gasteiger partial charge in [0.1, 0.15) is 10.7 Å². The molecule has 20 heavy (non-hydrogen) atoms. The summed E-state index contributed by atoms with van der Waals surface area (Å²) < 4.78 is 3.22. The SMILES string of the molecule is CCn1c(-c2csc(C(C)N)n2)nc2cc(Br)ccc21. The van der Waals surface area contributed by atoms with Crippen molar-refractivity contribution in [2.75, 3.05) is 0 Å². The molecular weight excluding hydrogens is 336 g/mol. The Hall–Kier alpha value is -1.24. The minimum Gasteiger partial charge on any atom is -0.323 e. The van der Waals surface area contributed by atoms with Crippen LogP contribution in [0.5, 0.6) is 0 Å². The molecule has 0 bridgehead atoms.